The molecule has 0 radical (unpaired) electrons. The highest BCUT2D eigenvalue weighted by Crippen LogP contribution is 2.39. The fraction of sp³-hybridized carbons (Fsp3) is 0.500. The molecule has 0 aliphatic heterocycles. The van der Waals surface area contributed by atoms with Crippen LogP contribution in [0.25, 0.3) is 0 Å². The summed E-state index contributed by atoms with van der Waals surface area (Å²) in [7, 11) is 3.80. The summed E-state index contributed by atoms with van der Waals surface area (Å²) in [6.45, 7) is 3.19. The maximum Gasteiger partial charge on any atom is 0.233 e. The number of carbonyl (C=O) groups excluding carboxylic acids is 1. The van der Waals surface area contributed by atoms with Crippen molar-refractivity contribution in [3.63, 3.8) is 0 Å². The van der Waals surface area contributed by atoms with Crippen molar-refractivity contribution in [2.45, 2.75) is 37.4 Å². The SMILES string of the molecule is CCOc1ccc(CN(C)C(=O)CSc2nnc(C3CC3)n2C)cc1. The molecule has 0 saturated heterocycles. The number of ether oxygens (including phenoxy) is 1. The Morgan fingerprint density at radius 3 is 2.68 bits per heavy atom. The van der Waals surface area contributed by atoms with Gasteiger partial charge in [0.2, 0.25) is 5.91 Å². The van der Waals surface area contributed by atoms with Gasteiger partial charge >= 0.3 is 0 Å². The van der Waals surface area contributed by atoms with Crippen molar-refractivity contribution in [3.8, 4) is 5.75 Å². The number of hydrogen-bond acceptors (Lipinski definition) is 5. The lowest BCUT2D eigenvalue weighted by molar-refractivity contribution is -0.127. The summed E-state index contributed by atoms with van der Waals surface area (Å²) >= 11 is 1.45. The first-order valence-electron chi connectivity index (χ1n) is 8.56. The Morgan fingerprint density at radius 2 is 2.04 bits per heavy atom. The number of carbonyl (C=O) groups is 1. The van der Waals surface area contributed by atoms with Crippen LogP contribution >= 0.6 is 11.8 Å². The van der Waals surface area contributed by atoms with Crippen molar-refractivity contribution in [1.29, 1.82) is 0 Å². The van der Waals surface area contributed by atoms with Gasteiger partial charge in [0.05, 0.1) is 12.4 Å². The molecule has 0 unspecified atom stereocenters. The van der Waals surface area contributed by atoms with E-state index in [9.17, 15) is 4.79 Å². The number of benzene rings is 1. The second-order valence-corrected chi connectivity index (χ2v) is 7.23. The van der Waals surface area contributed by atoms with E-state index in [0.717, 1.165) is 22.3 Å². The Labute approximate surface area is 152 Å². The highest BCUT2D eigenvalue weighted by Gasteiger charge is 2.29. The Morgan fingerprint density at radius 1 is 1.32 bits per heavy atom. The highest BCUT2D eigenvalue weighted by molar-refractivity contribution is 7.99. The van der Waals surface area contributed by atoms with Crippen molar-refractivity contribution >= 4 is 17.7 Å². The summed E-state index contributed by atoms with van der Waals surface area (Å²) < 4.78 is 7.45. The molecule has 1 aliphatic rings. The predicted octanol–water partition coefficient (Wildman–Crippen LogP) is 2.84. The Hall–Kier alpha value is -2.02. The van der Waals surface area contributed by atoms with E-state index in [0.29, 0.717) is 24.8 Å². The van der Waals surface area contributed by atoms with E-state index in [1.165, 1.54) is 24.6 Å². The molecular formula is C18H24N4O2S. The van der Waals surface area contributed by atoms with Gasteiger partial charge in [-0.05, 0) is 37.5 Å². The summed E-state index contributed by atoms with van der Waals surface area (Å²) in [5, 5.41) is 9.27. The molecule has 1 saturated carbocycles. The third-order valence-corrected chi connectivity index (χ3v) is 5.22. The summed E-state index contributed by atoms with van der Waals surface area (Å²) in [4.78, 5) is 14.1. The van der Waals surface area contributed by atoms with Crippen LogP contribution in [0, 0.1) is 0 Å². The average Bonchev–Trinajstić information content (AvgIpc) is 3.38. The maximum absolute atomic E-state index is 12.4. The van der Waals surface area contributed by atoms with Crippen LogP contribution in [0.2, 0.25) is 0 Å². The number of amides is 1. The molecule has 134 valence electrons. The minimum Gasteiger partial charge on any atom is -0.494 e. The van der Waals surface area contributed by atoms with Gasteiger partial charge < -0.3 is 14.2 Å². The molecular weight excluding hydrogens is 336 g/mol. The zero-order valence-electron chi connectivity index (χ0n) is 14.9. The van der Waals surface area contributed by atoms with Gasteiger partial charge in [0.1, 0.15) is 11.6 Å². The lowest BCUT2D eigenvalue weighted by atomic mass is 10.2. The van der Waals surface area contributed by atoms with Crippen molar-refractivity contribution in [3.05, 3.63) is 35.7 Å². The monoisotopic (exact) mass is 360 g/mol. The first-order valence-corrected chi connectivity index (χ1v) is 9.54. The smallest absolute Gasteiger partial charge is 0.233 e. The highest BCUT2D eigenvalue weighted by atomic mass is 32.2. The molecule has 7 heteroatoms. The van der Waals surface area contributed by atoms with E-state index in [4.69, 9.17) is 4.74 Å². The van der Waals surface area contributed by atoms with Gasteiger partial charge in [-0.15, -0.1) is 10.2 Å². The second kappa shape index (κ2) is 7.91. The van der Waals surface area contributed by atoms with E-state index in [1.54, 1.807) is 4.90 Å². The van der Waals surface area contributed by atoms with Gasteiger partial charge in [-0.1, -0.05) is 23.9 Å². The van der Waals surface area contributed by atoms with Gasteiger partial charge in [-0.3, -0.25) is 4.79 Å². The van der Waals surface area contributed by atoms with Crippen molar-refractivity contribution in [2.24, 2.45) is 7.05 Å². The second-order valence-electron chi connectivity index (χ2n) is 6.29. The van der Waals surface area contributed by atoms with Gasteiger partial charge in [0.15, 0.2) is 5.16 Å². The van der Waals surface area contributed by atoms with E-state index in [1.807, 2.05) is 49.9 Å². The Balaban J connectivity index is 1.50. The molecule has 6 nitrogen and oxygen atoms in total. The zero-order chi connectivity index (χ0) is 17.8. The molecule has 1 fully saturated rings. The van der Waals surface area contributed by atoms with Crippen LogP contribution in [-0.4, -0.2) is 45.0 Å². The van der Waals surface area contributed by atoms with Crippen LogP contribution in [0.15, 0.2) is 29.4 Å². The number of rotatable bonds is 8. The van der Waals surface area contributed by atoms with Crippen LogP contribution in [0.1, 0.15) is 37.1 Å². The van der Waals surface area contributed by atoms with Crippen LogP contribution in [-0.2, 0) is 18.4 Å². The first-order chi connectivity index (χ1) is 12.1. The van der Waals surface area contributed by atoms with Gasteiger partial charge in [-0.25, -0.2) is 0 Å². The lowest BCUT2D eigenvalue weighted by Gasteiger charge is -2.17. The van der Waals surface area contributed by atoms with Crippen LogP contribution in [0.3, 0.4) is 0 Å². The minimum absolute atomic E-state index is 0.0786. The Kier molecular flexibility index (Phi) is 5.63. The fourth-order valence-electron chi connectivity index (χ4n) is 2.61. The van der Waals surface area contributed by atoms with E-state index < -0.39 is 0 Å². The molecule has 1 heterocycles. The number of nitrogens with zero attached hydrogens (tertiary/aromatic N) is 4. The molecule has 3 rings (SSSR count). The van der Waals surface area contributed by atoms with Gasteiger partial charge in [0.25, 0.3) is 0 Å². The Bertz CT molecular complexity index is 725. The summed E-state index contributed by atoms with van der Waals surface area (Å²) in [5.74, 6) is 2.89. The molecule has 1 aromatic carbocycles. The molecule has 0 N–H and O–H groups in total. The predicted molar refractivity (Wildman–Crippen MR) is 97.8 cm³/mol. The van der Waals surface area contributed by atoms with Crippen molar-refractivity contribution in [2.75, 3.05) is 19.4 Å². The number of hydrogen-bond donors (Lipinski definition) is 0. The van der Waals surface area contributed by atoms with Crippen molar-refractivity contribution in [1.82, 2.24) is 19.7 Å². The summed E-state index contributed by atoms with van der Waals surface area (Å²) in [5.41, 5.74) is 1.08. The number of aromatic nitrogens is 3. The third kappa shape index (κ3) is 4.54. The normalized spacial score (nSPS) is 13.7. The minimum atomic E-state index is 0.0786. The van der Waals surface area contributed by atoms with Crippen LogP contribution in [0.4, 0.5) is 0 Å². The topological polar surface area (TPSA) is 60.2 Å². The van der Waals surface area contributed by atoms with Gasteiger partial charge in [0, 0.05) is 26.6 Å². The lowest BCUT2D eigenvalue weighted by Crippen LogP contribution is -2.27. The summed E-state index contributed by atoms with van der Waals surface area (Å²) in [6.07, 6.45) is 2.39. The molecule has 25 heavy (non-hydrogen) atoms. The third-order valence-electron chi connectivity index (χ3n) is 4.22. The van der Waals surface area contributed by atoms with E-state index in [-0.39, 0.29) is 5.91 Å². The molecule has 0 bridgehead atoms. The maximum atomic E-state index is 12.4. The standard InChI is InChI=1S/C18H24N4O2S/c1-4-24-15-9-5-13(6-10-15)11-21(2)16(23)12-25-18-20-19-17(22(18)3)14-7-8-14/h5-6,9-10,14H,4,7-8,11-12H2,1-3H3. The average molecular weight is 360 g/mol. The molecule has 1 aromatic heterocycles. The van der Waals surface area contributed by atoms with E-state index in [2.05, 4.69) is 10.2 Å². The largest absolute Gasteiger partial charge is 0.494 e. The molecule has 1 amide bonds. The van der Waals surface area contributed by atoms with Crippen molar-refractivity contribution < 1.29 is 9.53 Å². The van der Waals surface area contributed by atoms with Gasteiger partial charge in [-0.2, -0.15) is 0 Å². The summed E-state index contributed by atoms with van der Waals surface area (Å²) in [6, 6.07) is 7.86. The first kappa shape index (κ1) is 17.8. The molecule has 0 spiro atoms. The molecule has 1 aliphatic carbocycles. The van der Waals surface area contributed by atoms with E-state index >= 15 is 0 Å². The zero-order valence-corrected chi connectivity index (χ0v) is 15.8. The fourth-order valence-corrected chi connectivity index (χ4v) is 3.46. The van der Waals surface area contributed by atoms with Crippen LogP contribution in [0.5, 0.6) is 5.75 Å². The molecule has 2 aromatic rings. The quantitative estimate of drug-likeness (QED) is 0.678. The molecule has 0 atom stereocenters. The number of thioether (sulfide) groups is 1. The van der Waals surface area contributed by atoms with Crippen LogP contribution < -0.4 is 4.74 Å².